The number of benzene rings is 2. The molecule has 3 N–H and O–H groups in total. The van der Waals surface area contributed by atoms with Gasteiger partial charge in [-0.15, -0.1) is 0 Å². The average molecular weight is 366 g/mol. The molecular weight excluding hydrogens is 332 g/mol. The molecule has 1 saturated carbocycles. The monoisotopic (exact) mass is 365 g/mol. The second-order valence-corrected chi connectivity index (χ2v) is 8.45. The Morgan fingerprint density at radius 1 is 0.889 bits per heavy atom. The van der Waals surface area contributed by atoms with Crippen molar-refractivity contribution in [2.75, 3.05) is 0 Å². The van der Waals surface area contributed by atoms with Gasteiger partial charge in [0.2, 0.25) is 0 Å². The summed E-state index contributed by atoms with van der Waals surface area (Å²) in [6, 6.07) is 19.5. The summed E-state index contributed by atoms with van der Waals surface area (Å²) >= 11 is 0. The first-order valence-corrected chi connectivity index (χ1v) is 10.3. The summed E-state index contributed by atoms with van der Waals surface area (Å²) in [6.07, 6.45) is 2.22. The number of hydrogen-bond donors (Lipinski definition) is 2. The largest absolute Gasteiger partial charge is 0.348 e. The van der Waals surface area contributed by atoms with Gasteiger partial charge in [0.1, 0.15) is 6.04 Å². The molecular formula is C24H33N2O+. The number of nitrogens with two attached hydrogens (primary N) is 1. The quantitative estimate of drug-likeness (QED) is 0.727. The van der Waals surface area contributed by atoms with Crippen molar-refractivity contribution < 1.29 is 10.1 Å². The van der Waals surface area contributed by atoms with E-state index in [0.717, 1.165) is 18.4 Å². The van der Waals surface area contributed by atoms with Gasteiger partial charge < -0.3 is 10.6 Å². The van der Waals surface area contributed by atoms with E-state index in [1.165, 1.54) is 11.1 Å². The highest BCUT2D eigenvalue weighted by molar-refractivity contribution is 5.82. The number of amides is 1. The van der Waals surface area contributed by atoms with Crippen molar-refractivity contribution in [3.8, 4) is 0 Å². The molecule has 0 aromatic heterocycles. The molecule has 0 bridgehead atoms. The summed E-state index contributed by atoms with van der Waals surface area (Å²) in [4.78, 5) is 13.0. The number of carbonyl (C=O) groups excluding carboxylic acids is 1. The second kappa shape index (κ2) is 8.71. The number of nitrogens with one attached hydrogen (secondary N) is 1. The highest BCUT2D eigenvalue weighted by atomic mass is 16.2. The van der Waals surface area contributed by atoms with Crippen LogP contribution in [0.5, 0.6) is 0 Å². The van der Waals surface area contributed by atoms with E-state index in [9.17, 15) is 4.79 Å². The fourth-order valence-electron chi connectivity index (χ4n) is 3.56. The molecule has 144 valence electrons. The van der Waals surface area contributed by atoms with Crippen LogP contribution in [0.3, 0.4) is 0 Å². The van der Waals surface area contributed by atoms with Crippen molar-refractivity contribution in [1.29, 1.82) is 0 Å². The fourth-order valence-corrected chi connectivity index (χ4v) is 3.56. The van der Waals surface area contributed by atoms with Gasteiger partial charge in [-0.05, 0) is 24.3 Å². The minimum atomic E-state index is -0.219. The predicted molar refractivity (Wildman–Crippen MR) is 110 cm³/mol. The first-order valence-electron chi connectivity index (χ1n) is 10.3. The Balaban J connectivity index is 1.84. The van der Waals surface area contributed by atoms with Gasteiger partial charge in [0.15, 0.2) is 6.04 Å². The maximum atomic E-state index is 13.0. The molecule has 0 aliphatic heterocycles. The number of hydrogen-bond acceptors (Lipinski definition) is 1. The molecule has 27 heavy (non-hydrogen) atoms. The Morgan fingerprint density at radius 2 is 1.48 bits per heavy atom. The molecule has 3 rings (SSSR count). The molecule has 1 amide bonds. The van der Waals surface area contributed by atoms with Crippen molar-refractivity contribution in [2.45, 2.75) is 64.6 Å². The van der Waals surface area contributed by atoms with Crippen molar-refractivity contribution >= 4 is 5.91 Å². The van der Waals surface area contributed by atoms with Crippen LogP contribution in [0.1, 0.15) is 75.2 Å². The van der Waals surface area contributed by atoms with E-state index in [0.29, 0.717) is 17.9 Å². The molecule has 1 aliphatic rings. The molecule has 2 aromatic rings. The smallest absolute Gasteiger partial charge is 0.283 e. The zero-order valence-corrected chi connectivity index (χ0v) is 17.0. The topological polar surface area (TPSA) is 45.7 Å². The molecule has 3 nitrogen and oxygen atoms in total. The highest BCUT2D eigenvalue weighted by Crippen LogP contribution is 2.24. The summed E-state index contributed by atoms with van der Waals surface area (Å²) in [5, 5.41) is 5.45. The standard InChI is InChI=1S/C24H32N2O/c1-16(2)18-10-12-20(13-11-18)22(17(3)4)26-23(19-8-6-5-7-9-19)24(27)25-21-14-15-21/h5-13,16-17,21-23,26H,14-15H2,1-4H3,(H,25,27)/p+1/t22-,23+/m1/s1. The highest BCUT2D eigenvalue weighted by Gasteiger charge is 2.33. The molecule has 2 aromatic carbocycles. The lowest BCUT2D eigenvalue weighted by Gasteiger charge is -2.25. The van der Waals surface area contributed by atoms with E-state index in [1.54, 1.807) is 0 Å². The molecule has 1 aliphatic carbocycles. The minimum Gasteiger partial charge on any atom is -0.348 e. The molecule has 0 radical (unpaired) electrons. The lowest BCUT2D eigenvalue weighted by atomic mass is 9.92. The number of rotatable bonds is 8. The summed E-state index contributed by atoms with van der Waals surface area (Å²) in [6.45, 7) is 8.90. The maximum absolute atomic E-state index is 13.0. The normalized spacial score (nSPS) is 16.4. The Kier molecular flexibility index (Phi) is 6.33. The Labute approximate surface area is 163 Å². The van der Waals surface area contributed by atoms with Crippen LogP contribution in [0.15, 0.2) is 54.6 Å². The van der Waals surface area contributed by atoms with Crippen molar-refractivity contribution in [2.24, 2.45) is 5.92 Å². The molecule has 0 heterocycles. The van der Waals surface area contributed by atoms with Crippen LogP contribution in [0.25, 0.3) is 0 Å². The zero-order valence-electron chi connectivity index (χ0n) is 17.0. The molecule has 3 heteroatoms. The van der Waals surface area contributed by atoms with Gasteiger partial charge in [0, 0.05) is 23.1 Å². The molecule has 2 atom stereocenters. The molecule has 1 fully saturated rings. The van der Waals surface area contributed by atoms with Gasteiger partial charge in [-0.3, -0.25) is 4.79 Å². The van der Waals surface area contributed by atoms with E-state index in [2.05, 4.69) is 74.7 Å². The van der Waals surface area contributed by atoms with E-state index in [1.807, 2.05) is 18.2 Å². The van der Waals surface area contributed by atoms with Gasteiger partial charge in [-0.2, -0.15) is 0 Å². The van der Waals surface area contributed by atoms with Crippen LogP contribution in [0.4, 0.5) is 0 Å². The number of carbonyl (C=O) groups is 1. The third-order valence-electron chi connectivity index (χ3n) is 5.47. The van der Waals surface area contributed by atoms with Crippen molar-refractivity contribution in [3.05, 3.63) is 71.3 Å². The van der Waals surface area contributed by atoms with E-state index >= 15 is 0 Å². The minimum absolute atomic E-state index is 0.133. The van der Waals surface area contributed by atoms with Gasteiger partial charge in [-0.25, -0.2) is 0 Å². The van der Waals surface area contributed by atoms with E-state index < -0.39 is 0 Å². The van der Waals surface area contributed by atoms with Crippen LogP contribution >= 0.6 is 0 Å². The number of quaternary nitrogens is 1. The van der Waals surface area contributed by atoms with Crippen LogP contribution in [0, 0.1) is 5.92 Å². The summed E-state index contributed by atoms with van der Waals surface area (Å²) < 4.78 is 0. The lowest BCUT2D eigenvalue weighted by Crippen LogP contribution is -2.89. The predicted octanol–water partition coefficient (Wildman–Crippen LogP) is 4.09. The van der Waals surface area contributed by atoms with Crippen LogP contribution in [-0.2, 0) is 4.79 Å². The fraction of sp³-hybridized carbons (Fsp3) is 0.458. The summed E-state index contributed by atoms with van der Waals surface area (Å²) in [5.74, 6) is 1.09. The third-order valence-corrected chi connectivity index (χ3v) is 5.47. The Bertz CT molecular complexity index is 733. The SMILES string of the molecule is CC(C)c1ccc([C@H]([NH2+][C@H](C(=O)NC2CC2)c2ccccc2)C(C)C)cc1. The maximum Gasteiger partial charge on any atom is 0.283 e. The lowest BCUT2D eigenvalue weighted by molar-refractivity contribution is -0.728. The van der Waals surface area contributed by atoms with Gasteiger partial charge in [0.25, 0.3) is 5.91 Å². The van der Waals surface area contributed by atoms with Crippen molar-refractivity contribution in [3.63, 3.8) is 0 Å². The van der Waals surface area contributed by atoms with Gasteiger partial charge >= 0.3 is 0 Å². The first kappa shape index (κ1) is 19.6. The van der Waals surface area contributed by atoms with Gasteiger partial charge in [-0.1, -0.05) is 82.3 Å². The third kappa shape index (κ3) is 5.20. The van der Waals surface area contributed by atoms with E-state index in [-0.39, 0.29) is 18.0 Å². The summed E-state index contributed by atoms with van der Waals surface area (Å²) in [5.41, 5.74) is 3.71. The Hall–Kier alpha value is -2.13. The average Bonchev–Trinajstić information content (AvgIpc) is 3.47. The van der Waals surface area contributed by atoms with Crippen LogP contribution < -0.4 is 10.6 Å². The van der Waals surface area contributed by atoms with Gasteiger partial charge in [0.05, 0.1) is 0 Å². The first-order chi connectivity index (χ1) is 13.0. The molecule has 0 unspecified atom stereocenters. The zero-order chi connectivity index (χ0) is 19.4. The second-order valence-electron chi connectivity index (χ2n) is 8.45. The molecule has 0 spiro atoms. The Morgan fingerprint density at radius 3 is 2.00 bits per heavy atom. The van der Waals surface area contributed by atoms with Crippen LogP contribution in [0.2, 0.25) is 0 Å². The summed E-state index contributed by atoms with van der Waals surface area (Å²) in [7, 11) is 0. The van der Waals surface area contributed by atoms with Crippen molar-refractivity contribution in [1.82, 2.24) is 5.32 Å². The molecule has 0 saturated heterocycles. The van der Waals surface area contributed by atoms with Crippen LogP contribution in [-0.4, -0.2) is 11.9 Å². The van der Waals surface area contributed by atoms with E-state index in [4.69, 9.17) is 0 Å².